The van der Waals surface area contributed by atoms with Crippen LogP contribution in [0.5, 0.6) is 0 Å². The highest BCUT2D eigenvalue weighted by Crippen LogP contribution is 2.38. The molecule has 0 unspecified atom stereocenters. The summed E-state index contributed by atoms with van der Waals surface area (Å²) in [5.41, 5.74) is 6.11. The zero-order valence-electron chi connectivity index (χ0n) is 17.8. The van der Waals surface area contributed by atoms with Crippen molar-refractivity contribution in [1.29, 1.82) is 5.26 Å². The second kappa shape index (κ2) is 8.07. The number of pyridine rings is 1. The number of furan rings is 1. The summed E-state index contributed by atoms with van der Waals surface area (Å²) in [6.07, 6.45) is 2.45. The zero-order valence-corrected chi connectivity index (χ0v) is 18.6. The summed E-state index contributed by atoms with van der Waals surface area (Å²) in [6.45, 7) is 4.65. The Balaban J connectivity index is 1.90. The van der Waals surface area contributed by atoms with Gasteiger partial charge in [-0.05, 0) is 73.0 Å². The molecule has 0 N–H and O–H groups in total. The lowest BCUT2D eigenvalue weighted by Gasteiger charge is -2.29. The Hall–Kier alpha value is -3.75. The number of hydrogen-bond acceptors (Lipinski definition) is 4. The molecule has 5 aromatic rings. The average Bonchev–Trinajstić information content (AvgIpc) is 3.45. The first-order valence-corrected chi connectivity index (χ1v) is 10.9. The molecule has 3 heterocycles. The highest BCUT2D eigenvalue weighted by atomic mass is 35.5. The summed E-state index contributed by atoms with van der Waals surface area (Å²) in [5.74, 6) is 1.81. The Kier molecular flexibility index (Phi) is 5.08. The van der Waals surface area contributed by atoms with Gasteiger partial charge in [0.1, 0.15) is 17.6 Å². The van der Waals surface area contributed by atoms with E-state index in [4.69, 9.17) is 21.0 Å². The van der Waals surface area contributed by atoms with Crippen molar-refractivity contribution >= 4 is 39.8 Å². The van der Waals surface area contributed by atoms with Crippen LogP contribution < -0.4 is 4.90 Å². The minimum absolute atomic E-state index is 0.522. The van der Waals surface area contributed by atoms with E-state index in [0.29, 0.717) is 22.8 Å². The number of halogens is 1. The molecule has 0 fully saturated rings. The molecule has 0 spiro atoms. The van der Waals surface area contributed by atoms with Gasteiger partial charge < -0.3 is 9.32 Å². The normalized spacial score (nSPS) is 11.2. The number of aromatic nitrogens is 2. The second-order valence-electron chi connectivity index (χ2n) is 7.67. The van der Waals surface area contributed by atoms with Gasteiger partial charge in [-0.15, -0.1) is 0 Å². The lowest BCUT2D eigenvalue weighted by atomic mass is 10.0. The standard InChI is InChI=1S/C26H21ClN4O/c1-3-21-17(2)22(15-28)25-29-23-8-4-5-9-24(23)31(25)26(21)30(16-20-7-6-14-32-20)19-12-10-18(27)11-13-19/h4-14H,3,16H2,1-2H3. The summed E-state index contributed by atoms with van der Waals surface area (Å²) < 4.78 is 7.82. The van der Waals surface area contributed by atoms with E-state index in [0.717, 1.165) is 45.8 Å². The van der Waals surface area contributed by atoms with Crippen LogP contribution in [0.2, 0.25) is 5.02 Å². The van der Waals surface area contributed by atoms with Gasteiger partial charge in [0, 0.05) is 10.7 Å². The Labute approximate surface area is 191 Å². The van der Waals surface area contributed by atoms with E-state index in [1.807, 2.05) is 67.6 Å². The van der Waals surface area contributed by atoms with Crippen molar-refractivity contribution < 1.29 is 4.42 Å². The zero-order chi connectivity index (χ0) is 22.2. The molecule has 0 amide bonds. The number of rotatable bonds is 5. The van der Waals surface area contributed by atoms with Crippen LogP contribution in [0.4, 0.5) is 11.5 Å². The fourth-order valence-corrected chi connectivity index (χ4v) is 4.46. The molecule has 5 nitrogen and oxygen atoms in total. The molecular weight excluding hydrogens is 420 g/mol. The minimum Gasteiger partial charge on any atom is -0.467 e. The van der Waals surface area contributed by atoms with Crippen LogP contribution in [0.25, 0.3) is 16.7 Å². The largest absolute Gasteiger partial charge is 0.467 e. The van der Waals surface area contributed by atoms with E-state index in [1.54, 1.807) is 6.26 Å². The number of anilines is 2. The topological polar surface area (TPSA) is 57.5 Å². The third-order valence-electron chi connectivity index (χ3n) is 5.85. The molecule has 0 saturated carbocycles. The third kappa shape index (κ3) is 3.21. The lowest BCUT2D eigenvalue weighted by molar-refractivity contribution is 0.509. The summed E-state index contributed by atoms with van der Waals surface area (Å²) in [6, 6.07) is 22.0. The van der Waals surface area contributed by atoms with Gasteiger partial charge in [-0.3, -0.25) is 4.40 Å². The van der Waals surface area contributed by atoms with E-state index in [1.165, 1.54) is 0 Å². The number of para-hydroxylation sites is 2. The highest BCUT2D eigenvalue weighted by Gasteiger charge is 2.25. The number of nitrogens with zero attached hydrogens (tertiary/aromatic N) is 4. The first-order chi connectivity index (χ1) is 15.6. The molecule has 0 aliphatic rings. The van der Waals surface area contributed by atoms with Crippen LogP contribution in [-0.2, 0) is 13.0 Å². The SMILES string of the molecule is CCc1c(C)c(C#N)c2nc3ccccc3n2c1N(Cc1ccco1)c1ccc(Cl)cc1. The van der Waals surface area contributed by atoms with Crippen LogP contribution >= 0.6 is 11.6 Å². The number of nitriles is 1. The van der Waals surface area contributed by atoms with Crippen molar-refractivity contribution in [2.75, 3.05) is 4.90 Å². The molecule has 6 heteroatoms. The molecule has 0 bridgehead atoms. The minimum atomic E-state index is 0.522. The number of benzene rings is 2. The smallest absolute Gasteiger partial charge is 0.157 e. The van der Waals surface area contributed by atoms with Crippen molar-refractivity contribution in [1.82, 2.24) is 9.38 Å². The first-order valence-electron chi connectivity index (χ1n) is 10.5. The molecule has 0 atom stereocenters. The van der Waals surface area contributed by atoms with Gasteiger partial charge in [-0.1, -0.05) is 30.7 Å². The van der Waals surface area contributed by atoms with Gasteiger partial charge in [-0.2, -0.15) is 5.26 Å². The number of hydrogen-bond donors (Lipinski definition) is 0. The Bertz CT molecular complexity index is 1460. The monoisotopic (exact) mass is 440 g/mol. The van der Waals surface area contributed by atoms with Gasteiger partial charge in [0.25, 0.3) is 0 Å². The quantitative estimate of drug-likeness (QED) is 0.301. The van der Waals surface area contributed by atoms with Crippen LogP contribution in [-0.4, -0.2) is 9.38 Å². The lowest BCUT2D eigenvalue weighted by Crippen LogP contribution is -2.22. The molecular formula is C26H21ClN4O. The van der Waals surface area contributed by atoms with Crippen molar-refractivity contribution in [3.8, 4) is 6.07 Å². The van der Waals surface area contributed by atoms with Crippen LogP contribution in [0.15, 0.2) is 71.3 Å². The maximum atomic E-state index is 10.00. The maximum absolute atomic E-state index is 10.00. The molecule has 0 aliphatic carbocycles. The molecule has 0 radical (unpaired) electrons. The summed E-state index contributed by atoms with van der Waals surface area (Å²) in [4.78, 5) is 7.05. The van der Waals surface area contributed by atoms with Gasteiger partial charge in [0.15, 0.2) is 5.65 Å². The molecule has 5 rings (SSSR count). The van der Waals surface area contributed by atoms with E-state index >= 15 is 0 Å². The van der Waals surface area contributed by atoms with E-state index in [2.05, 4.69) is 22.3 Å². The van der Waals surface area contributed by atoms with Gasteiger partial charge in [-0.25, -0.2) is 4.98 Å². The summed E-state index contributed by atoms with van der Waals surface area (Å²) in [5, 5.41) is 10.7. The molecule has 158 valence electrons. The molecule has 32 heavy (non-hydrogen) atoms. The Morgan fingerprint density at radius 2 is 1.88 bits per heavy atom. The average molecular weight is 441 g/mol. The van der Waals surface area contributed by atoms with Crippen LogP contribution in [0, 0.1) is 18.3 Å². The van der Waals surface area contributed by atoms with Crippen LogP contribution in [0.1, 0.15) is 29.4 Å². The van der Waals surface area contributed by atoms with E-state index < -0.39 is 0 Å². The van der Waals surface area contributed by atoms with Gasteiger partial charge >= 0.3 is 0 Å². The molecule has 2 aromatic carbocycles. The predicted molar refractivity (Wildman–Crippen MR) is 128 cm³/mol. The highest BCUT2D eigenvalue weighted by molar-refractivity contribution is 6.30. The third-order valence-corrected chi connectivity index (χ3v) is 6.10. The first kappa shape index (κ1) is 20.2. The van der Waals surface area contributed by atoms with Gasteiger partial charge in [0.2, 0.25) is 0 Å². The summed E-state index contributed by atoms with van der Waals surface area (Å²) in [7, 11) is 0. The van der Waals surface area contributed by atoms with Gasteiger partial charge in [0.05, 0.1) is 29.4 Å². The van der Waals surface area contributed by atoms with Crippen LogP contribution in [0.3, 0.4) is 0 Å². The fraction of sp³-hybridized carbons (Fsp3) is 0.154. The number of imidazole rings is 1. The maximum Gasteiger partial charge on any atom is 0.157 e. The fourth-order valence-electron chi connectivity index (χ4n) is 4.34. The predicted octanol–water partition coefficient (Wildman–Crippen LogP) is 6.81. The van der Waals surface area contributed by atoms with Crippen molar-refractivity contribution in [3.63, 3.8) is 0 Å². The molecule has 0 aliphatic heterocycles. The van der Waals surface area contributed by atoms with Crippen molar-refractivity contribution in [2.45, 2.75) is 26.8 Å². The van der Waals surface area contributed by atoms with Crippen molar-refractivity contribution in [3.05, 3.63) is 94.4 Å². The van der Waals surface area contributed by atoms with Crippen molar-refractivity contribution in [2.24, 2.45) is 0 Å². The second-order valence-corrected chi connectivity index (χ2v) is 8.11. The molecule has 0 saturated heterocycles. The van der Waals surface area contributed by atoms with E-state index in [-0.39, 0.29) is 0 Å². The Morgan fingerprint density at radius 1 is 1.09 bits per heavy atom. The Morgan fingerprint density at radius 3 is 2.56 bits per heavy atom. The number of fused-ring (bicyclic) bond motifs is 3. The summed E-state index contributed by atoms with van der Waals surface area (Å²) >= 11 is 6.20. The van der Waals surface area contributed by atoms with E-state index in [9.17, 15) is 5.26 Å². The molecule has 3 aromatic heterocycles.